The maximum absolute atomic E-state index is 9.53. The minimum absolute atomic E-state index is 0.125. The second-order valence-electron chi connectivity index (χ2n) is 4.04. The van der Waals surface area contributed by atoms with Crippen molar-refractivity contribution in [1.82, 2.24) is 0 Å². The molecule has 0 saturated heterocycles. The van der Waals surface area contributed by atoms with Crippen molar-refractivity contribution >= 4 is 0 Å². The van der Waals surface area contributed by atoms with Crippen LogP contribution in [0.2, 0.25) is 0 Å². The van der Waals surface area contributed by atoms with Gasteiger partial charge in [-0.3, -0.25) is 0 Å². The quantitative estimate of drug-likeness (QED) is 0.590. The molecule has 0 saturated carbocycles. The van der Waals surface area contributed by atoms with E-state index in [1.807, 2.05) is 6.92 Å². The lowest BCUT2D eigenvalue weighted by Crippen LogP contribution is -2.23. The minimum atomic E-state index is -0.448. The number of hydrogen-bond donors (Lipinski definition) is 2. The Kier molecular flexibility index (Phi) is 8.14. The van der Waals surface area contributed by atoms with Gasteiger partial charge in [0, 0.05) is 6.61 Å². The molecule has 0 aliphatic carbocycles. The van der Waals surface area contributed by atoms with Gasteiger partial charge in [0.05, 0.1) is 18.8 Å². The number of ether oxygens (including phenoxy) is 1. The van der Waals surface area contributed by atoms with Crippen LogP contribution in [-0.4, -0.2) is 35.6 Å². The highest BCUT2D eigenvalue weighted by molar-refractivity contribution is 4.65. The van der Waals surface area contributed by atoms with Crippen molar-refractivity contribution in [3.8, 4) is 0 Å². The van der Waals surface area contributed by atoms with E-state index in [-0.39, 0.29) is 12.0 Å². The first-order valence-corrected chi connectivity index (χ1v) is 5.51. The van der Waals surface area contributed by atoms with Gasteiger partial charge in [-0.25, -0.2) is 0 Å². The summed E-state index contributed by atoms with van der Waals surface area (Å²) in [6.45, 7) is 6.89. The van der Waals surface area contributed by atoms with Gasteiger partial charge in [0.15, 0.2) is 0 Å². The van der Waals surface area contributed by atoms with E-state index in [2.05, 4.69) is 6.92 Å². The maximum Gasteiger partial charge on any atom is 0.0777 e. The van der Waals surface area contributed by atoms with Crippen LogP contribution in [0.3, 0.4) is 0 Å². The summed E-state index contributed by atoms with van der Waals surface area (Å²) in [5.41, 5.74) is 0. The van der Waals surface area contributed by atoms with Crippen LogP contribution < -0.4 is 0 Å². The van der Waals surface area contributed by atoms with E-state index in [1.165, 1.54) is 0 Å². The van der Waals surface area contributed by atoms with Crippen LogP contribution in [0, 0.1) is 5.92 Å². The second-order valence-corrected chi connectivity index (χ2v) is 4.04. The molecular weight excluding hydrogens is 180 g/mol. The van der Waals surface area contributed by atoms with Crippen molar-refractivity contribution in [3.63, 3.8) is 0 Å². The first-order valence-electron chi connectivity index (χ1n) is 5.51. The van der Waals surface area contributed by atoms with Crippen LogP contribution in [0.4, 0.5) is 0 Å². The molecule has 0 heterocycles. The standard InChI is InChI=1S/C11H24O3/c1-4-5-6-14-8-11(13)7-9(2)10(3)12/h9-13H,4-8H2,1-3H3. The van der Waals surface area contributed by atoms with Gasteiger partial charge in [0.1, 0.15) is 0 Å². The summed E-state index contributed by atoms with van der Waals surface area (Å²) in [5, 5.41) is 18.8. The number of rotatable bonds is 8. The molecule has 3 unspecified atom stereocenters. The molecule has 0 aromatic heterocycles. The van der Waals surface area contributed by atoms with Gasteiger partial charge in [-0.15, -0.1) is 0 Å². The minimum Gasteiger partial charge on any atom is -0.393 e. The Labute approximate surface area is 87.1 Å². The highest BCUT2D eigenvalue weighted by Crippen LogP contribution is 2.10. The normalized spacial score (nSPS) is 17.8. The van der Waals surface area contributed by atoms with E-state index in [4.69, 9.17) is 4.74 Å². The molecule has 3 atom stereocenters. The molecule has 0 spiro atoms. The molecule has 0 radical (unpaired) electrons. The Morgan fingerprint density at radius 2 is 1.86 bits per heavy atom. The maximum atomic E-state index is 9.53. The lowest BCUT2D eigenvalue weighted by molar-refractivity contribution is 0.0103. The molecule has 2 N–H and O–H groups in total. The lowest BCUT2D eigenvalue weighted by Gasteiger charge is -2.18. The zero-order valence-corrected chi connectivity index (χ0v) is 9.57. The molecule has 0 amide bonds. The monoisotopic (exact) mass is 204 g/mol. The zero-order valence-electron chi connectivity index (χ0n) is 9.57. The van der Waals surface area contributed by atoms with Crippen LogP contribution in [0.15, 0.2) is 0 Å². The smallest absolute Gasteiger partial charge is 0.0777 e. The molecular formula is C11H24O3. The molecule has 0 fully saturated rings. The van der Waals surface area contributed by atoms with E-state index < -0.39 is 6.10 Å². The highest BCUT2D eigenvalue weighted by atomic mass is 16.5. The third-order valence-corrected chi connectivity index (χ3v) is 2.42. The van der Waals surface area contributed by atoms with Crippen LogP contribution >= 0.6 is 0 Å². The highest BCUT2D eigenvalue weighted by Gasteiger charge is 2.14. The average molecular weight is 204 g/mol. The fourth-order valence-corrected chi connectivity index (χ4v) is 1.16. The van der Waals surface area contributed by atoms with Crippen LogP contribution in [0.1, 0.15) is 40.0 Å². The van der Waals surface area contributed by atoms with E-state index in [1.54, 1.807) is 6.92 Å². The van der Waals surface area contributed by atoms with Crippen molar-refractivity contribution < 1.29 is 14.9 Å². The number of unbranched alkanes of at least 4 members (excludes halogenated alkanes) is 1. The average Bonchev–Trinajstić information content (AvgIpc) is 2.12. The van der Waals surface area contributed by atoms with Gasteiger partial charge in [-0.05, 0) is 25.7 Å². The van der Waals surface area contributed by atoms with Crippen LogP contribution in [0.25, 0.3) is 0 Å². The molecule has 86 valence electrons. The molecule has 3 heteroatoms. The molecule has 0 aromatic carbocycles. The Bertz CT molecular complexity index is 126. The third kappa shape index (κ3) is 7.30. The molecule has 0 aromatic rings. The lowest BCUT2D eigenvalue weighted by atomic mass is 9.99. The van der Waals surface area contributed by atoms with E-state index in [0.29, 0.717) is 13.0 Å². The van der Waals surface area contributed by atoms with Crippen LogP contribution in [0.5, 0.6) is 0 Å². The van der Waals surface area contributed by atoms with Crippen molar-refractivity contribution in [1.29, 1.82) is 0 Å². The van der Waals surface area contributed by atoms with Gasteiger partial charge in [0.25, 0.3) is 0 Å². The fraction of sp³-hybridized carbons (Fsp3) is 1.00. The first-order chi connectivity index (χ1) is 6.57. The number of aliphatic hydroxyl groups is 2. The fourth-order valence-electron chi connectivity index (χ4n) is 1.16. The Hall–Kier alpha value is -0.120. The summed E-state index contributed by atoms with van der Waals surface area (Å²) < 4.78 is 5.28. The van der Waals surface area contributed by atoms with Gasteiger partial charge in [0.2, 0.25) is 0 Å². The summed E-state index contributed by atoms with van der Waals surface area (Å²) >= 11 is 0. The van der Waals surface area contributed by atoms with E-state index >= 15 is 0 Å². The molecule has 14 heavy (non-hydrogen) atoms. The Morgan fingerprint density at radius 1 is 1.21 bits per heavy atom. The molecule has 0 aliphatic rings. The predicted octanol–water partition coefficient (Wildman–Crippen LogP) is 1.57. The van der Waals surface area contributed by atoms with Crippen LogP contribution in [-0.2, 0) is 4.74 Å². The van der Waals surface area contributed by atoms with E-state index in [9.17, 15) is 10.2 Å². The van der Waals surface area contributed by atoms with Crippen molar-refractivity contribution in [2.24, 2.45) is 5.92 Å². The van der Waals surface area contributed by atoms with Gasteiger partial charge < -0.3 is 14.9 Å². The topological polar surface area (TPSA) is 49.7 Å². The first kappa shape index (κ1) is 13.9. The summed E-state index contributed by atoms with van der Waals surface area (Å²) in [7, 11) is 0. The van der Waals surface area contributed by atoms with Gasteiger partial charge in [-0.2, -0.15) is 0 Å². The van der Waals surface area contributed by atoms with Crippen molar-refractivity contribution in [2.75, 3.05) is 13.2 Å². The van der Waals surface area contributed by atoms with Crippen molar-refractivity contribution in [3.05, 3.63) is 0 Å². The summed E-state index contributed by atoms with van der Waals surface area (Å²) in [5.74, 6) is 0.125. The summed E-state index contributed by atoms with van der Waals surface area (Å²) in [6.07, 6.45) is 1.94. The largest absolute Gasteiger partial charge is 0.393 e. The van der Waals surface area contributed by atoms with Crippen molar-refractivity contribution in [2.45, 2.75) is 52.2 Å². The molecule has 0 rings (SSSR count). The molecule has 0 bridgehead atoms. The SMILES string of the molecule is CCCCOCC(O)CC(C)C(C)O. The Balaban J connectivity index is 3.40. The second kappa shape index (κ2) is 8.21. The molecule has 0 aliphatic heterocycles. The Morgan fingerprint density at radius 3 is 2.36 bits per heavy atom. The summed E-state index contributed by atoms with van der Waals surface area (Å²) in [6, 6.07) is 0. The predicted molar refractivity (Wildman–Crippen MR) is 57.2 cm³/mol. The summed E-state index contributed by atoms with van der Waals surface area (Å²) in [4.78, 5) is 0. The zero-order chi connectivity index (χ0) is 11.0. The third-order valence-electron chi connectivity index (χ3n) is 2.42. The van der Waals surface area contributed by atoms with Gasteiger partial charge in [-0.1, -0.05) is 20.3 Å². The van der Waals surface area contributed by atoms with E-state index in [0.717, 1.165) is 19.4 Å². The van der Waals surface area contributed by atoms with Gasteiger partial charge >= 0.3 is 0 Å². The number of aliphatic hydroxyl groups excluding tert-OH is 2. The molecule has 3 nitrogen and oxygen atoms in total. The number of hydrogen-bond acceptors (Lipinski definition) is 3.